The van der Waals surface area contributed by atoms with E-state index in [0.717, 1.165) is 11.1 Å². The molecule has 0 aliphatic heterocycles. The molecule has 1 aromatic heterocycles. The van der Waals surface area contributed by atoms with Crippen molar-refractivity contribution in [2.45, 2.75) is 39.9 Å². The Hall–Kier alpha value is -3.16. The Morgan fingerprint density at radius 3 is 2.59 bits per heavy atom. The van der Waals surface area contributed by atoms with Crippen molar-refractivity contribution < 1.29 is 19.2 Å². The number of rotatable bonds is 5. The number of pyridine rings is 1. The Morgan fingerprint density at radius 2 is 1.96 bits per heavy atom. The molecule has 0 bridgehead atoms. The molecule has 0 aliphatic carbocycles. The van der Waals surface area contributed by atoms with Gasteiger partial charge in [-0.25, -0.2) is 4.79 Å². The summed E-state index contributed by atoms with van der Waals surface area (Å²) in [4.78, 5) is 28.0. The maximum atomic E-state index is 12.4. The van der Waals surface area contributed by atoms with Crippen molar-refractivity contribution in [3.8, 4) is 5.75 Å². The van der Waals surface area contributed by atoms with E-state index in [1.165, 1.54) is 17.2 Å². The van der Waals surface area contributed by atoms with E-state index in [2.05, 4.69) is 4.98 Å². The lowest BCUT2D eigenvalue weighted by Gasteiger charge is -2.26. The molecule has 0 saturated heterocycles. The fourth-order valence-electron chi connectivity index (χ4n) is 2.40. The van der Waals surface area contributed by atoms with E-state index in [1.54, 1.807) is 40.0 Å². The van der Waals surface area contributed by atoms with E-state index in [-0.39, 0.29) is 18.2 Å². The average Bonchev–Trinajstić information content (AvgIpc) is 2.58. The molecule has 0 atom stereocenters. The fourth-order valence-corrected chi connectivity index (χ4v) is 2.40. The molecule has 8 heteroatoms. The van der Waals surface area contributed by atoms with Crippen LogP contribution in [0.4, 0.5) is 16.3 Å². The number of nitro groups is 1. The summed E-state index contributed by atoms with van der Waals surface area (Å²) in [5.41, 5.74) is 1.59. The molecule has 144 valence electrons. The van der Waals surface area contributed by atoms with Gasteiger partial charge in [-0.15, -0.1) is 0 Å². The van der Waals surface area contributed by atoms with Crippen molar-refractivity contribution in [3.05, 3.63) is 57.8 Å². The number of aromatic nitrogens is 1. The summed E-state index contributed by atoms with van der Waals surface area (Å²) < 4.78 is 11.1. The first-order chi connectivity index (χ1) is 12.6. The van der Waals surface area contributed by atoms with Gasteiger partial charge in [-0.3, -0.25) is 4.90 Å². The van der Waals surface area contributed by atoms with Crippen molar-refractivity contribution in [1.82, 2.24) is 4.98 Å². The number of ether oxygens (including phenoxy) is 2. The normalized spacial score (nSPS) is 11.0. The maximum absolute atomic E-state index is 12.4. The monoisotopic (exact) mass is 373 g/mol. The van der Waals surface area contributed by atoms with Gasteiger partial charge in [-0.2, -0.15) is 0 Å². The van der Waals surface area contributed by atoms with E-state index >= 15 is 0 Å². The Labute approximate surface area is 157 Å². The number of aryl methyl sites for hydroxylation is 1. The lowest BCUT2D eigenvalue weighted by molar-refractivity contribution is -0.390. The lowest BCUT2D eigenvalue weighted by atomic mass is 10.1. The third kappa shape index (κ3) is 5.16. The van der Waals surface area contributed by atoms with Crippen LogP contribution in [0.3, 0.4) is 0 Å². The van der Waals surface area contributed by atoms with Crippen molar-refractivity contribution in [3.63, 3.8) is 0 Å². The number of carbonyl (C=O) groups is 1. The zero-order valence-corrected chi connectivity index (χ0v) is 16.1. The minimum absolute atomic E-state index is 0.0433. The largest absolute Gasteiger partial charge is 0.481 e. The number of hydrogen-bond acceptors (Lipinski definition) is 6. The molecule has 2 aromatic rings. The van der Waals surface area contributed by atoms with Gasteiger partial charge >= 0.3 is 11.9 Å². The standard InChI is InChI=1S/C19H23N3O5/c1-13-8-6-9-15(21(5)18(23)27-19(2,3)4)14(13)12-26-16-10-7-11-20-17(16)22(24)25/h6-11H,12H2,1-5H3. The van der Waals surface area contributed by atoms with Crippen molar-refractivity contribution >= 4 is 17.6 Å². The third-order valence-corrected chi connectivity index (χ3v) is 3.71. The third-order valence-electron chi connectivity index (χ3n) is 3.71. The molecule has 0 N–H and O–H groups in total. The van der Waals surface area contributed by atoms with Crippen LogP contribution in [0.2, 0.25) is 0 Å². The first-order valence-corrected chi connectivity index (χ1v) is 8.37. The molecule has 0 aliphatic rings. The van der Waals surface area contributed by atoms with Gasteiger partial charge in [0.2, 0.25) is 5.75 Å². The van der Waals surface area contributed by atoms with E-state index in [9.17, 15) is 14.9 Å². The molecule has 1 aromatic carbocycles. The Bertz CT molecular complexity index is 845. The maximum Gasteiger partial charge on any atom is 0.414 e. The predicted molar refractivity (Wildman–Crippen MR) is 101 cm³/mol. The highest BCUT2D eigenvalue weighted by molar-refractivity contribution is 5.88. The summed E-state index contributed by atoms with van der Waals surface area (Å²) in [6.07, 6.45) is 0.835. The van der Waals surface area contributed by atoms with E-state index < -0.39 is 16.6 Å². The topological polar surface area (TPSA) is 94.8 Å². The van der Waals surface area contributed by atoms with Crippen LogP contribution in [-0.2, 0) is 11.3 Å². The summed E-state index contributed by atoms with van der Waals surface area (Å²) in [5, 5.41) is 11.1. The summed E-state index contributed by atoms with van der Waals surface area (Å²) in [7, 11) is 1.61. The summed E-state index contributed by atoms with van der Waals surface area (Å²) in [5.74, 6) is -0.287. The van der Waals surface area contributed by atoms with Gasteiger partial charge in [0.1, 0.15) is 18.4 Å². The highest BCUT2D eigenvalue weighted by atomic mass is 16.6. The van der Waals surface area contributed by atoms with Gasteiger partial charge in [-0.1, -0.05) is 12.1 Å². The summed E-state index contributed by atoms with van der Waals surface area (Å²) in [6, 6.07) is 8.52. The molecule has 27 heavy (non-hydrogen) atoms. The highest BCUT2D eigenvalue weighted by Crippen LogP contribution is 2.29. The molecule has 0 radical (unpaired) electrons. The summed E-state index contributed by atoms with van der Waals surface area (Å²) >= 11 is 0. The molecule has 8 nitrogen and oxygen atoms in total. The quantitative estimate of drug-likeness (QED) is 0.574. The predicted octanol–water partition coefficient (Wildman–Crippen LogP) is 4.25. The first-order valence-electron chi connectivity index (χ1n) is 8.37. The molecular formula is C19H23N3O5. The minimum atomic E-state index is -0.623. The van der Waals surface area contributed by atoms with Gasteiger partial charge in [0.15, 0.2) is 0 Å². The second kappa shape index (κ2) is 8.03. The van der Waals surface area contributed by atoms with Gasteiger partial charge in [0, 0.05) is 12.6 Å². The molecule has 0 saturated carbocycles. The second-order valence-electron chi connectivity index (χ2n) is 6.98. The van der Waals surface area contributed by atoms with E-state index in [1.807, 2.05) is 19.1 Å². The lowest BCUT2D eigenvalue weighted by Crippen LogP contribution is -2.34. The Balaban J connectivity index is 2.28. The smallest absolute Gasteiger partial charge is 0.414 e. The van der Waals surface area contributed by atoms with Gasteiger partial charge < -0.3 is 19.6 Å². The Morgan fingerprint density at radius 1 is 1.26 bits per heavy atom. The number of hydrogen-bond donors (Lipinski definition) is 0. The molecule has 2 rings (SSSR count). The van der Waals surface area contributed by atoms with Gasteiger partial charge in [0.05, 0.1) is 5.69 Å². The second-order valence-corrected chi connectivity index (χ2v) is 6.98. The SMILES string of the molecule is Cc1cccc(N(C)C(=O)OC(C)(C)C)c1COc1cccnc1[N+](=O)[O-]. The van der Waals surface area contributed by atoms with Crippen molar-refractivity contribution in [1.29, 1.82) is 0 Å². The fraction of sp³-hybridized carbons (Fsp3) is 0.368. The van der Waals surface area contributed by atoms with Crippen LogP contribution >= 0.6 is 0 Å². The van der Waals surface area contributed by atoms with Gasteiger partial charge in [0.25, 0.3) is 0 Å². The minimum Gasteiger partial charge on any atom is -0.481 e. The molecule has 1 amide bonds. The molecule has 1 heterocycles. The number of nitrogens with zero attached hydrogens (tertiary/aromatic N) is 3. The van der Waals surface area contributed by atoms with Crippen LogP contribution in [0.25, 0.3) is 0 Å². The van der Waals surface area contributed by atoms with Crippen LogP contribution in [-0.4, -0.2) is 28.6 Å². The van der Waals surface area contributed by atoms with Crippen LogP contribution in [0, 0.1) is 17.0 Å². The highest BCUT2D eigenvalue weighted by Gasteiger charge is 2.23. The number of carbonyl (C=O) groups excluding carboxylic acids is 1. The van der Waals surface area contributed by atoms with Crippen LogP contribution in [0.1, 0.15) is 31.9 Å². The van der Waals surface area contributed by atoms with Crippen LogP contribution in [0.15, 0.2) is 36.5 Å². The van der Waals surface area contributed by atoms with Crippen molar-refractivity contribution in [2.24, 2.45) is 0 Å². The summed E-state index contributed by atoms with van der Waals surface area (Å²) in [6.45, 7) is 7.30. The zero-order valence-electron chi connectivity index (χ0n) is 16.1. The zero-order chi connectivity index (χ0) is 20.2. The molecule has 0 fully saturated rings. The molecule has 0 spiro atoms. The Kier molecular flexibility index (Phi) is 5.99. The molecular weight excluding hydrogens is 350 g/mol. The first kappa shape index (κ1) is 20.2. The van der Waals surface area contributed by atoms with E-state index in [4.69, 9.17) is 9.47 Å². The number of amides is 1. The van der Waals surface area contributed by atoms with Crippen molar-refractivity contribution in [2.75, 3.05) is 11.9 Å². The van der Waals surface area contributed by atoms with E-state index in [0.29, 0.717) is 5.69 Å². The number of benzene rings is 1. The average molecular weight is 373 g/mol. The number of anilines is 1. The van der Waals surface area contributed by atoms with Gasteiger partial charge in [-0.05, 0) is 61.4 Å². The molecule has 0 unspecified atom stereocenters. The van der Waals surface area contributed by atoms with Crippen LogP contribution < -0.4 is 9.64 Å². The van der Waals surface area contributed by atoms with Crippen LogP contribution in [0.5, 0.6) is 5.75 Å².